The smallest absolute Gasteiger partial charge is 0.0736 e. The van der Waals surface area contributed by atoms with E-state index in [-0.39, 0.29) is 5.41 Å². The van der Waals surface area contributed by atoms with E-state index in [9.17, 15) is 0 Å². The summed E-state index contributed by atoms with van der Waals surface area (Å²) in [4.78, 5) is 2.63. The highest BCUT2D eigenvalue weighted by molar-refractivity contribution is 7.99. The number of hydrogen-bond donors (Lipinski definition) is 0. The van der Waals surface area contributed by atoms with Gasteiger partial charge in [-0.1, -0.05) is 96.2 Å². The summed E-state index contributed by atoms with van der Waals surface area (Å²) < 4.78 is 0. The Morgan fingerprint density at radius 2 is 1.19 bits per heavy atom. The van der Waals surface area contributed by atoms with Crippen molar-refractivity contribution in [2.24, 2.45) is 0 Å². The van der Waals surface area contributed by atoms with Gasteiger partial charge in [0.25, 0.3) is 0 Å². The van der Waals surface area contributed by atoms with Crippen molar-refractivity contribution in [3.63, 3.8) is 0 Å². The average molecular weight is 433 g/mol. The van der Waals surface area contributed by atoms with Crippen molar-refractivity contribution in [3.8, 4) is 11.1 Å². The maximum absolute atomic E-state index is 6.61. The molecule has 5 aromatic carbocycles. The summed E-state index contributed by atoms with van der Waals surface area (Å²) in [5, 5.41) is 3.33. The molecule has 1 unspecified atom stereocenters. The van der Waals surface area contributed by atoms with E-state index >= 15 is 0 Å². The molecule has 0 saturated carbocycles. The van der Waals surface area contributed by atoms with Gasteiger partial charge in [0, 0.05) is 14.8 Å². The summed E-state index contributed by atoms with van der Waals surface area (Å²) in [6.07, 6.45) is 0. The topological polar surface area (TPSA) is 0 Å². The second kappa shape index (κ2) is 6.26. The molecule has 0 fully saturated rings. The normalized spacial score (nSPS) is 17.8. The van der Waals surface area contributed by atoms with Gasteiger partial charge >= 0.3 is 0 Å². The minimum Gasteiger partial charge on any atom is -0.0894 e. The van der Waals surface area contributed by atoms with E-state index in [1.807, 2.05) is 17.8 Å². The van der Waals surface area contributed by atoms with Crippen LogP contribution in [0.5, 0.6) is 0 Å². The van der Waals surface area contributed by atoms with Gasteiger partial charge in [-0.2, -0.15) is 0 Å². The van der Waals surface area contributed by atoms with E-state index in [1.54, 1.807) is 0 Å². The van der Waals surface area contributed by atoms with E-state index in [4.69, 9.17) is 11.6 Å². The van der Waals surface area contributed by atoms with Gasteiger partial charge in [0.2, 0.25) is 0 Å². The highest BCUT2D eigenvalue weighted by Gasteiger charge is 2.50. The molecule has 0 saturated heterocycles. The van der Waals surface area contributed by atoms with Crippen LogP contribution >= 0.6 is 23.4 Å². The van der Waals surface area contributed by atoms with Crippen LogP contribution in [0.2, 0.25) is 5.02 Å². The SMILES string of the molecule is Clc1ccc2c(c1)C1(c3ccccc3Sc3cc4ccccc4cc31)c1ccccc1-2. The molecule has 5 aromatic rings. The number of fused-ring (bicyclic) bond motifs is 10. The van der Waals surface area contributed by atoms with Gasteiger partial charge in [-0.25, -0.2) is 0 Å². The fourth-order valence-corrected chi connectivity index (χ4v) is 6.95. The van der Waals surface area contributed by atoms with Crippen LogP contribution in [-0.2, 0) is 5.41 Å². The number of rotatable bonds is 0. The predicted molar refractivity (Wildman–Crippen MR) is 130 cm³/mol. The first kappa shape index (κ1) is 17.7. The molecule has 146 valence electrons. The summed E-state index contributed by atoms with van der Waals surface area (Å²) in [5.41, 5.74) is 7.54. The molecule has 1 spiro atoms. The maximum Gasteiger partial charge on any atom is 0.0736 e. The molecule has 1 atom stereocenters. The first-order valence-electron chi connectivity index (χ1n) is 10.5. The summed E-state index contributed by atoms with van der Waals surface area (Å²) in [6.45, 7) is 0. The molecule has 0 bridgehead atoms. The molecule has 1 aliphatic heterocycles. The summed E-state index contributed by atoms with van der Waals surface area (Å²) in [6, 6.07) is 37.5. The molecule has 0 aromatic heterocycles. The third-order valence-corrected chi connectivity index (χ3v) is 8.14. The Balaban J connectivity index is 1.72. The maximum atomic E-state index is 6.61. The molecular weight excluding hydrogens is 416 g/mol. The van der Waals surface area contributed by atoms with E-state index in [1.165, 1.54) is 53.9 Å². The Hall–Kier alpha value is -3.00. The molecule has 31 heavy (non-hydrogen) atoms. The van der Waals surface area contributed by atoms with Crippen LogP contribution in [0.25, 0.3) is 21.9 Å². The highest BCUT2D eigenvalue weighted by Crippen LogP contribution is 2.62. The lowest BCUT2D eigenvalue weighted by atomic mass is 9.67. The Morgan fingerprint density at radius 3 is 2.06 bits per heavy atom. The lowest BCUT2D eigenvalue weighted by molar-refractivity contribution is 0.724. The van der Waals surface area contributed by atoms with E-state index in [0.29, 0.717) is 0 Å². The van der Waals surface area contributed by atoms with Crippen LogP contribution in [0.4, 0.5) is 0 Å². The molecule has 2 heteroatoms. The predicted octanol–water partition coefficient (Wildman–Crippen LogP) is 8.32. The van der Waals surface area contributed by atoms with E-state index < -0.39 is 0 Å². The highest BCUT2D eigenvalue weighted by atomic mass is 35.5. The van der Waals surface area contributed by atoms with Crippen molar-refractivity contribution in [1.82, 2.24) is 0 Å². The Morgan fingerprint density at radius 1 is 0.516 bits per heavy atom. The molecule has 0 amide bonds. The zero-order chi connectivity index (χ0) is 20.6. The van der Waals surface area contributed by atoms with Crippen LogP contribution in [0.3, 0.4) is 0 Å². The van der Waals surface area contributed by atoms with Gasteiger partial charge in [-0.05, 0) is 74.5 Å². The zero-order valence-corrected chi connectivity index (χ0v) is 18.2. The largest absolute Gasteiger partial charge is 0.0894 e. The van der Waals surface area contributed by atoms with Gasteiger partial charge in [-0.15, -0.1) is 0 Å². The average Bonchev–Trinajstić information content (AvgIpc) is 3.09. The third kappa shape index (κ3) is 2.23. The van der Waals surface area contributed by atoms with Gasteiger partial charge in [0.15, 0.2) is 0 Å². The van der Waals surface area contributed by atoms with Crippen LogP contribution in [0, 0.1) is 0 Å². The molecule has 1 aliphatic carbocycles. The van der Waals surface area contributed by atoms with Crippen molar-refractivity contribution in [3.05, 3.63) is 130 Å². The summed E-state index contributed by atoms with van der Waals surface area (Å²) in [7, 11) is 0. The Bertz CT molecular complexity index is 1530. The zero-order valence-electron chi connectivity index (χ0n) is 16.6. The fourth-order valence-electron chi connectivity index (χ4n) is 5.56. The minimum atomic E-state index is -0.363. The van der Waals surface area contributed by atoms with Crippen LogP contribution < -0.4 is 0 Å². The van der Waals surface area contributed by atoms with Gasteiger partial charge < -0.3 is 0 Å². The molecule has 0 nitrogen and oxygen atoms in total. The third-order valence-electron chi connectivity index (χ3n) is 6.77. The quantitative estimate of drug-likeness (QED) is 0.232. The Kier molecular flexibility index (Phi) is 3.57. The number of hydrogen-bond acceptors (Lipinski definition) is 1. The van der Waals surface area contributed by atoms with Crippen LogP contribution in [0.1, 0.15) is 22.3 Å². The lowest BCUT2D eigenvalue weighted by Crippen LogP contribution is -2.32. The minimum absolute atomic E-state index is 0.363. The molecule has 0 radical (unpaired) electrons. The molecule has 7 rings (SSSR count). The van der Waals surface area contributed by atoms with Crippen molar-refractivity contribution in [1.29, 1.82) is 0 Å². The first-order valence-corrected chi connectivity index (χ1v) is 11.7. The van der Waals surface area contributed by atoms with Crippen molar-refractivity contribution < 1.29 is 0 Å². The second-order valence-corrected chi connectivity index (χ2v) is 9.80. The fraction of sp³-hybridized carbons (Fsp3) is 0.0345. The van der Waals surface area contributed by atoms with Crippen LogP contribution in [0.15, 0.2) is 113 Å². The Labute approximate surface area is 190 Å². The second-order valence-electron chi connectivity index (χ2n) is 8.28. The van der Waals surface area contributed by atoms with Crippen LogP contribution in [-0.4, -0.2) is 0 Å². The van der Waals surface area contributed by atoms with E-state index in [0.717, 1.165) is 5.02 Å². The number of halogens is 1. The van der Waals surface area contributed by atoms with Gasteiger partial charge in [0.05, 0.1) is 5.41 Å². The van der Waals surface area contributed by atoms with E-state index in [2.05, 4.69) is 97.1 Å². The van der Waals surface area contributed by atoms with Crippen molar-refractivity contribution in [2.45, 2.75) is 15.2 Å². The monoisotopic (exact) mass is 432 g/mol. The molecule has 1 heterocycles. The van der Waals surface area contributed by atoms with Crippen molar-refractivity contribution in [2.75, 3.05) is 0 Å². The summed E-state index contributed by atoms with van der Waals surface area (Å²) in [5.74, 6) is 0. The first-order chi connectivity index (χ1) is 15.3. The number of benzene rings is 5. The van der Waals surface area contributed by atoms with Gasteiger partial charge in [0.1, 0.15) is 0 Å². The summed E-state index contributed by atoms with van der Waals surface area (Å²) >= 11 is 8.49. The lowest BCUT2D eigenvalue weighted by Gasteiger charge is -2.40. The standard InChI is InChI=1S/C29H17ClS/c30-20-13-14-22-21-9-3-4-10-23(21)29(25(22)17-20)24-11-5-6-12-27(24)31-28-16-19-8-2-1-7-18(19)15-26(28)29/h1-17H. The van der Waals surface area contributed by atoms with Gasteiger partial charge in [-0.3, -0.25) is 0 Å². The molecular formula is C29H17ClS. The molecule has 0 N–H and O–H groups in total. The van der Waals surface area contributed by atoms with Crippen molar-refractivity contribution >= 4 is 34.1 Å². The molecule has 2 aliphatic rings.